The number of hydrogen-bond donors (Lipinski definition) is 1. The Bertz CT molecular complexity index is 1170. The zero-order valence-electron chi connectivity index (χ0n) is 17.2. The molecule has 0 saturated carbocycles. The fourth-order valence-corrected chi connectivity index (χ4v) is 3.90. The van der Waals surface area contributed by atoms with Gasteiger partial charge in [0.2, 0.25) is 0 Å². The molecule has 0 radical (unpaired) electrons. The zero-order chi connectivity index (χ0) is 21.6. The van der Waals surface area contributed by atoms with Gasteiger partial charge in [-0.3, -0.25) is 9.78 Å². The first-order chi connectivity index (χ1) is 15.2. The summed E-state index contributed by atoms with van der Waals surface area (Å²) in [5.74, 6) is 1.17. The average Bonchev–Trinajstić information content (AvgIpc) is 3.33. The van der Waals surface area contributed by atoms with Crippen LogP contribution in [-0.4, -0.2) is 30.1 Å². The van der Waals surface area contributed by atoms with Crippen molar-refractivity contribution < 1.29 is 14.3 Å². The third-order valence-electron chi connectivity index (χ3n) is 4.73. The van der Waals surface area contributed by atoms with Gasteiger partial charge < -0.3 is 14.8 Å². The summed E-state index contributed by atoms with van der Waals surface area (Å²) in [4.78, 5) is 21.0. The van der Waals surface area contributed by atoms with E-state index in [1.54, 1.807) is 50.0 Å². The van der Waals surface area contributed by atoms with Crippen LogP contribution in [0.2, 0.25) is 0 Å². The number of nitrogens with one attached hydrogen (secondary N) is 1. The van der Waals surface area contributed by atoms with Crippen molar-refractivity contribution in [2.24, 2.45) is 0 Å². The fraction of sp³-hybridized carbons (Fsp3) is 0.125. The van der Waals surface area contributed by atoms with Crippen molar-refractivity contribution in [3.63, 3.8) is 0 Å². The number of benzene rings is 2. The summed E-state index contributed by atoms with van der Waals surface area (Å²) in [6.07, 6.45) is 1.61. The minimum Gasteiger partial charge on any atom is -0.493 e. The molecule has 0 bridgehead atoms. The normalized spacial score (nSPS) is 10.5. The molecule has 0 atom stereocenters. The third kappa shape index (κ3) is 4.73. The molecule has 2 aromatic carbocycles. The molecule has 2 aromatic heterocycles. The Morgan fingerprint density at radius 1 is 0.968 bits per heavy atom. The minimum absolute atomic E-state index is 0.191. The van der Waals surface area contributed by atoms with E-state index < -0.39 is 0 Å². The molecule has 156 valence electrons. The van der Waals surface area contributed by atoms with Crippen LogP contribution in [0.3, 0.4) is 0 Å². The van der Waals surface area contributed by atoms with Gasteiger partial charge in [0.15, 0.2) is 11.5 Å². The smallest absolute Gasteiger partial charge is 0.270 e. The fourth-order valence-electron chi connectivity index (χ4n) is 3.07. The third-order valence-corrected chi connectivity index (χ3v) is 5.63. The van der Waals surface area contributed by atoms with E-state index in [-0.39, 0.29) is 5.91 Å². The Kier molecular flexibility index (Phi) is 6.24. The molecule has 6 nitrogen and oxygen atoms in total. The number of thiazole rings is 1. The number of aromatic nitrogens is 2. The maximum Gasteiger partial charge on any atom is 0.270 e. The Labute approximate surface area is 184 Å². The summed E-state index contributed by atoms with van der Waals surface area (Å²) in [5.41, 5.74) is 4.28. The van der Waals surface area contributed by atoms with E-state index in [4.69, 9.17) is 14.5 Å². The number of methoxy groups -OCH3 is 2. The summed E-state index contributed by atoms with van der Waals surface area (Å²) >= 11 is 1.58. The lowest BCUT2D eigenvalue weighted by atomic mass is 10.1. The molecule has 7 heteroatoms. The minimum atomic E-state index is -0.191. The van der Waals surface area contributed by atoms with E-state index in [9.17, 15) is 4.79 Å². The number of ether oxygens (including phenoxy) is 2. The second-order valence-corrected chi connectivity index (χ2v) is 7.56. The van der Waals surface area contributed by atoms with Gasteiger partial charge in [-0.1, -0.05) is 30.3 Å². The van der Waals surface area contributed by atoms with Gasteiger partial charge in [-0.05, 0) is 35.9 Å². The highest BCUT2D eigenvalue weighted by Gasteiger charge is 2.11. The van der Waals surface area contributed by atoms with E-state index in [1.807, 2.05) is 47.8 Å². The molecule has 0 aliphatic carbocycles. The molecule has 1 amide bonds. The Morgan fingerprint density at radius 3 is 2.45 bits per heavy atom. The van der Waals surface area contributed by atoms with Crippen molar-refractivity contribution in [2.75, 3.05) is 14.2 Å². The highest BCUT2D eigenvalue weighted by molar-refractivity contribution is 7.13. The van der Waals surface area contributed by atoms with Crippen LogP contribution >= 0.6 is 11.3 Å². The number of carbonyl (C=O) groups is 1. The van der Waals surface area contributed by atoms with Gasteiger partial charge in [-0.15, -0.1) is 11.3 Å². The van der Waals surface area contributed by atoms with Crippen LogP contribution in [-0.2, 0) is 6.54 Å². The van der Waals surface area contributed by atoms with E-state index in [0.29, 0.717) is 23.7 Å². The van der Waals surface area contributed by atoms with Crippen molar-refractivity contribution in [3.05, 3.63) is 83.5 Å². The molecule has 1 N–H and O–H groups in total. The number of carbonyl (C=O) groups excluding carboxylic acids is 1. The Hall–Kier alpha value is -3.71. The monoisotopic (exact) mass is 431 g/mol. The molecular formula is C24H21N3O3S. The van der Waals surface area contributed by atoms with Crippen LogP contribution in [0.15, 0.2) is 72.2 Å². The summed E-state index contributed by atoms with van der Waals surface area (Å²) < 4.78 is 10.7. The Morgan fingerprint density at radius 2 is 1.74 bits per heavy atom. The summed E-state index contributed by atoms with van der Waals surface area (Å²) in [7, 11) is 3.24. The van der Waals surface area contributed by atoms with E-state index in [1.165, 1.54) is 0 Å². The van der Waals surface area contributed by atoms with Crippen LogP contribution in [0.25, 0.3) is 21.8 Å². The lowest BCUT2D eigenvalue weighted by molar-refractivity contribution is 0.0946. The van der Waals surface area contributed by atoms with E-state index >= 15 is 0 Å². The second kappa shape index (κ2) is 9.40. The van der Waals surface area contributed by atoms with E-state index in [0.717, 1.165) is 27.4 Å². The molecule has 2 heterocycles. The van der Waals surface area contributed by atoms with Crippen LogP contribution in [0.5, 0.6) is 11.5 Å². The van der Waals surface area contributed by atoms with Gasteiger partial charge in [-0.25, -0.2) is 4.98 Å². The predicted molar refractivity (Wildman–Crippen MR) is 121 cm³/mol. The number of hydrogen-bond acceptors (Lipinski definition) is 6. The molecule has 0 unspecified atom stereocenters. The first kappa shape index (κ1) is 20.6. The highest BCUT2D eigenvalue weighted by Crippen LogP contribution is 2.34. The molecular weight excluding hydrogens is 410 g/mol. The standard InChI is InChI=1S/C24H21N3O3S/c1-29-21-11-10-18(13-22(21)30-2)20-15-31-24(27-20)17-8-6-16(7-9-17)14-26-23(28)19-5-3-4-12-25-19/h3-13,15H,14H2,1-2H3,(H,26,28). The first-order valence-electron chi connectivity index (χ1n) is 9.64. The van der Waals surface area contributed by atoms with Crippen molar-refractivity contribution in [1.82, 2.24) is 15.3 Å². The average molecular weight is 432 g/mol. The molecule has 0 fully saturated rings. The van der Waals surface area contributed by atoms with Crippen LogP contribution in [0, 0.1) is 0 Å². The van der Waals surface area contributed by atoms with Gasteiger partial charge in [0.05, 0.1) is 19.9 Å². The van der Waals surface area contributed by atoms with Gasteiger partial charge >= 0.3 is 0 Å². The van der Waals surface area contributed by atoms with Gasteiger partial charge in [-0.2, -0.15) is 0 Å². The molecule has 0 aliphatic rings. The Balaban J connectivity index is 1.44. The summed E-state index contributed by atoms with van der Waals surface area (Å²) in [6.45, 7) is 0.435. The van der Waals surface area contributed by atoms with Gasteiger partial charge in [0, 0.05) is 29.2 Å². The van der Waals surface area contributed by atoms with Crippen molar-refractivity contribution in [1.29, 1.82) is 0 Å². The van der Waals surface area contributed by atoms with Crippen LogP contribution in [0.1, 0.15) is 16.1 Å². The number of amides is 1. The molecule has 0 spiro atoms. The number of nitrogens with zero attached hydrogens (tertiary/aromatic N) is 2. The van der Waals surface area contributed by atoms with Crippen molar-refractivity contribution >= 4 is 17.2 Å². The lowest BCUT2D eigenvalue weighted by Gasteiger charge is -2.08. The predicted octanol–water partition coefficient (Wildman–Crippen LogP) is 4.82. The highest BCUT2D eigenvalue weighted by atomic mass is 32.1. The quantitative estimate of drug-likeness (QED) is 0.454. The van der Waals surface area contributed by atoms with Gasteiger partial charge in [0.1, 0.15) is 10.7 Å². The number of rotatable bonds is 7. The topological polar surface area (TPSA) is 73.3 Å². The van der Waals surface area contributed by atoms with Crippen molar-refractivity contribution in [3.8, 4) is 33.3 Å². The summed E-state index contributed by atoms with van der Waals surface area (Å²) in [5, 5.41) is 5.83. The maximum absolute atomic E-state index is 12.1. The molecule has 4 rings (SSSR count). The molecule has 0 saturated heterocycles. The first-order valence-corrected chi connectivity index (χ1v) is 10.5. The van der Waals surface area contributed by atoms with Gasteiger partial charge in [0.25, 0.3) is 5.91 Å². The largest absolute Gasteiger partial charge is 0.493 e. The van der Waals surface area contributed by atoms with E-state index in [2.05, 4.69) is 10.3 Å². The number of pyridine rings is 1. The molecule has 31 heavy (non-hydrogen) atoms. The SMILES string of the molecule is COc1ccc(-c2csc(-c3ccc(CNC(=O)c4ccccn4)cc3)n2)cc1OC. The zero-order valence-corrected chi connectivity index (χ0v) is 18.0. The summed E-state index contributed by atoms with van der Waals surface area (Å²) in [6, 6.07) is 19.0. The lowest BCUT2D eigenvalue weighted by Crippen LogP contribution is -2.23. The maximum atomic E-state index is 12.1. The molecule has 4 aromatic rings. The van der Waals surface area contributed by atoms with Crippen molar-refractivity contribution in [2.45, 2.75) is 6.54 Å². The molecule has 0 aliphatic heterocycles. The van der Waals surface area contributed by atoms with Crippen LogP contribution < -0.4 is 14.8 Å². The van der Waals surface area contributed by atoms with Crippen LogP contribution in [0.4, 0.5) is 0 Å². The second-order valence-electron chi connectivity index (χ2n) is 6.70.